The van der Waals surface area contributed by atoms with E-state index < -0.39 is 0 Å². The molecule has 1 heterocycles. The third-order valence-electron chi connectivity index (χ3n) is 2.22. The fraction of sp³-hybridized carbons (Fsp3) is 0.167. The molecule has 17 heavy (non-hydrogen) atoms. The van der Waals surface area contributed by atoms with Crippen LogP contribution in [0.15, 0.2) is 40.2 Å². The number of thioether (sulfide) groups is 1. The lowest BCUT2D eigenvalue weighted by atomic mass is 10.2. The summed E-state index contributed by atoms with van der Waals surface area (Å²) in [5.74, 6) is 0.800. The molecule has 0 aliphatic heterocycles. The summed E-state index contributed by atoms with van der Waals surface area (Å²) >= 11 is 5.08. The van der Waals surface area contributed by atoms with E-state index in [0.717, 1.165) is 32.2 Å². The maximum absolute atomic E-state index is 5.82. The second kappa shape index (κ2) is 5.51. The van der Waals surface area contributed by atoms with E-state index in [1.165, 1.54) is 0 Å². The molecule has 0 aliphatic carbocycles. The van der Waals surface area contributed by atoms with Crippen molar-refractivity contribution in [2.75, 3.05) is 5.73 Å². The molecule has 0 saturated carbocycles. The monoisotopic (exact) mass is 309 g/mol. The Morgan fingerprint density at radius 3 is 2.71 bits per heavy atom. The lowest BCUT2D eigenvalue weighted by Crippen LogP contribution is -1.92. The van der Waals surface area contributed by atoms with Gasteiger partial charge in [-0.05, 0) is 40.0 Å². The smallest absolute Gasteiger partial charge is 0.187 e. The maximum Gasteiger partial charge on any atom is 0.187 e. The molecule has 0 spiro atoms. The maximum atomic E-state index is 5.82. The lowest BCUT2D eigenvalue weighted by molar-refractivity contribution is 0.949. The number of aryl methyl sites for hydroxylation is 1. The van der Waals surface area contributed by atoms with Crippen LogP contribution in [0, 0.1) is 6.92 Å². The number of nitrogens with two attached hydrogens (primary N) is 1. The summed E-state index contributed by atoms with van der Waals surface area (Å²) in [6, 6.07) is 5.87. The van der Waals surface area contributed by atoms with E-state index in [0.29, 0.717) is 0 Å². The van der Waals surface area contributed by atoms with E-state index in [9.17, 15) is 0 Å². The SMILES string of the molecule is Cc1cnc(SCc2cccc(N)c2Br)nc1. The van der Waals surface area contributed by atoms with Crippen molar-refractivity contribution in [3.63, 3.8) is 0 Å². The van der Waals surface area contributed by atoms with Crippen molar-refractivity contribution in [1.29, 1.82) is 0 Å². The zero-order valence-corrected chi connectivity index (χ0v) is 11.8. The summed E-state index contributed by atoms with van der Waals surface area (Å²) < 4.78 is 0.958. The van der Waals surface area contributed by atoms with Crippen LogP contribution in [0.25, 0.3) is 0 Å². The van der Waals surface area contributed by atoms with E-state index in [2.05, 4.69) is 25.9 Å². The first-order valence-electron chi connectivity index (χ1n) is 5.11. The molecule has 0 atom stereocenters. The molecule has 1 aromatic carbocycles. The number of benzene rings is 1. The number of hydrogen-bond acceptors (Lipinski definition) is 4. The number of hydrogen-bond donors (Lipinski definition) is 1. The summed E-state index contributed by atoms with van der Waals surface area (Å²) in [5.41, 5.74) is 8.80. The normalized spacial score (nSPS) is 10.5. The van der Waals surface area contributed by atoms with Gasteiger partial charge in [-0.15, -0.1) is 0 Å². The van der Waals surface area contributed by atoms with E-state index in [1.807, 2.05) is 37.5 Å². The van der Waals surface area contributed by atoms with Crippen LogP contribution in [-0.4, -0.2) is 9.97 Å². The van der Waals surface area contributed by atoms with Gasteiger partial charge in [-0.2, -0.15) is 0 Å². The van der Waals surface area contributed by atoms with Crippen molar-refractivity contribution in [3.05, 3.63) is 46.2 Å². The van der Waals surface area contributed by atoms with Crippen LogP contribution >= 0.6 is 27.7 Å². The molecule has 2 N–H and O–H groups in total. The predicted octanol–water partition coefficient (Wildman–Crippen LogP) is 3.42. The van der Waals surface area contributed by atoms with Gasteiger partial charge in [0.1, 0.15) is 0 Å². The van der Waals surface area contributed by atoms with Gasteiger partial charge in [0.25, 0.3) is 0 Å². The van der Waals surface area contributed by atoms with Crippen LogP contribution in [0.1, 0.15) is 11.1 Å². The number of nitrogens with zero attached hydrogens (tertiary/aromatic N) is 2. The standard InChI is InChI=1S/C12H12BrN3S/c1-8-5-15-12(16-6-8)17-7-9-3-2-4-10(14)11(9)13/h2-6H,7,14H2,1H3. The molecular weight excluding hydrogens is 298 g/mol. The number of aromatic nitrogens is 2. The minimum Gasteiger partial charge on any atom is -0.398 e. The van der Waals surface area contributed by atoms with Crippen LogP contribution in [0.3, 0.4) is 0 Å². The van der Waals surface area contributed by atoms with Crippen LogP contribution in [0.5, 0.6) is 0 Å². The van der Waals surface area contributed by atoms with E-state index in [-0.39, 0.29) is 0 Å². The molecule has 5 heteroatoms. The highest BCUT2D eigenvalue weighted by atomic mass is 79.9. The Morgan fingerprint density at radius 1 is 1.29 bits per heavy atom. The van der Waals surface area contributed by atoms with Crippen LogP contribution in [0.4, 0.5) is 5.69 Å². The van der Waals surface area contributed by atoms with Gasteiger partial charge in [0.2, 0.25) is 0 Å². The highest BCUT2D eigenvalue weighted by Gasteiger charge is 2.04. The Bertz CT molecular complexity index is 514. The Balaban J connectivity index is 2.07. The number of halogens is 1. The molecule has 0 bridgehead atoms. The van der Waals surface area contributed by atoms with Gasteiger partial charge in [0, 0.05) is 28.3 Å². The van der Waals surface area contributed by atoms with Crippen LogP contribution in [0.2, 0.25) is 0 Å². The van der Waals surface area contributed by atoms with Gasteiger partial charge >= 0.3 is 0 Å². The third-order valence-corrected chi connectivity index (χ3v) is 4.11. The van der Waals surface area contributed by atoms with Crippen molar-refractivity contribution in [2.24, 2.45) is 0 Å². The molecule has 0 unspecified atom stereocenters. The van der Waals surface area contributed by atoms with Crippen molar-refractivity contribution in [3.8, 4) is 0 Å². The largest absolute Gasteiger partial charge is 0.398 e. The van der Waals surface area contributed by atoms with E-state index in [1.54, 1.807) is 11.8 Å². The summed E-state index contributed by atoms with van der Waals surface area (Å²) in [7, 11) is 0. The van der Waals surface area contributed by atoms with Gasteiger partial charge < -0.3 is 5.73 Å². The summed E-state index contributed by atoms with van der Waals surface area (Å²) in [4.78, 5) is 8.50. The van der Waals surface area contributed by atoms with Crippen LogP contribution < -0.4 is 5.73 Å². The van der Waals surface area contributed by atoms with Gasteiger partial charge in [0.15, 0.2) is 5.16 Å². The average Bonchev–Trinajstić information content (AvgIpc) is 2.33. The third kappa shape index (κ3) is 3.20. The fourth-order valence-electron chi connectivity index (χ4n) is 1.31. The quantitative estimate of drug-likeness (QED) is 0.536. The predicted molar refractivity (Wildman–Crippen MR) is 74.9 cm³/mol. The molecule has 3 nitrogen and oxygen atoms in total. The molecule has 0 amide bonds. The number of nitrogen functional groups attached to an aromatic ring is 1. The van der Waals surface area contributed by atoms with E-state index in [4.69, 9.17) is 5.73 Å². The Hall–Kier alpha value is -1.07. The minimum atomic E-state index is 0.757. The van der Waals surface area contributed by atoms with Gasteiger partial charge in [-0.25, -0.2) is 9.97 Å². The van der Waals surface area contributed by atoms with Crippen molar-refractivity contribution < 1.29 is 0 Å². The Kier molecular flexibility index (Phi) is 4.02. The first-order chi connectivity index (χ1) is 8.16. The highest BCUT2D eigenvalue weighted by molar-refractivity contribution is 9.10. The summed E-state index contributed by atoms with van der Waals surface area (Å²) in [6.45, 7) is 1.98. The average molecular weight is 310 g/mol. The molecule has 0 radical (unpaired) electrons. The highest BCUT2D eigenvalue weighted by Crippen LogP contribution is 2.28. The zero-order valence-electron chi connectivity index (χ0n) is 9.35. The molecule has 2 rings (SSSR count). The molecule has 1 aromatic heterocycles. The Labute approximate surface area is 113 Å². The van der Waals surface area contributed by atoms with Gasteiger partial charge in [-0.1, -0.05) is 23.9 Å². The fourth-order valence-corrected chi connectivity index (χ4v) is 2.68. The first kappa shape index (κ1) is 12.4. The first-order valence-corrected chi connectivity index (χ1v) is 6.89. The zero-order chi connectivity index (χ0) is 12.3. The van der Waals surface area contributed by atoms with Crippen molar-refractivity contribution >= 4 is 33.4 Å². The minimum absolute atomic E-state index is 0.757. The van der Waals surface area contributed by atoms with Gasteiger partial charge in [-0.3, -0.25) is 0 Å². The molecule has 88 valence electrons. The Morgan fingerprint density at radius 2 is 2.00 bits per heavy atom. The molecule has 0 aliphatic rings. The molecule has 2 aromatic rings. The lowest BCUT2D eigenvalue weighted by Gasteiger charge is -2.05. The topological polar surface area (TPSA) is 51.8 Å². The van der Waals surface area contributed by atoms with Gasteiger partial charge in [0.05, 0.1) is 0 Å². The number of rotatable bonds is 3. The molecule has 0 saturated heterocycles. The van der Waals surface area contributed by atoms with E-state index >= 15 is 0 Å². The molecule has 0 fully saturated rings. The second-order valence-corrected chi connectivity index (χ2v) is 5.39. The second-order valence-electron chi connectivity index (χ2n) is 3.65. The number of anilines is 1. The van der Waals surface area contributed by atoms with Crippen molar-refractivity contribution in [1.82, 2.24) is 9.97 Å². The summed E-state index contributed by atoms with van der Waals surface area (Å²) in [5, 5.41) is 0.782. The molecular formula is C12H12BrN3S. The van der Waals surface area contributed by atoms with Crippen LogP contribution in [-0.2, 0) is 5.75 Å². The summed E-state index contributed by atoms with van der Waals surface area (Å²) in [6.07, 6.45) is 3.65. The van der Waals surface area contributed by atoms with Crippen molar-refractivity contribution in [2.45, 2.75) is 17.8 Å².